The molecule has 0 spiro atoms. The smallest absolute Gasteiger partial charge is 0.140 e. The summed E-state index contributed by atoms with van der Waals surface area (Å²) in [7, 11) is 0. The van der Waals surface area contributed by atoms with E-state index in [1.54, 1.807) is 6.92 Å². The fraction of sp³-hybridized carbons (Fsp3) is 0.500. The van der Waals surface area contributed by atoms with E-state index >= 15 is 0 Å². The zero-order chi connectivity index (χ0) is 7.33. The van der Waals surface area contributed by atoms with Crippen LogP contribution in [0.15, 0.2) is 0 Å². The molecule has 9 heavy (non-hydrogen) atoms. The molecule has 0 N–H and O–H groups in total. The van der Waals surface area contributed by atoms with Gasteiger partial charge in [-0.15, -0.1) is 0 Å². The largest absolute Gasteiger partial charge is 0.302 e. The summed E-state index contributed by atoms with van der Waals surface area (Å²) in [5.74, 6) is 0. The van der Waals surface area contributed by atoms with Gasteiger partial charge < -0.3 is 14.4 Å². The Bertz CT molecular complexity index is 106. The Kier molecular flexibility index (Phi) is 2.78. The Morgan fingerprint density at radius 1 is 1.11 bits per heavy atom. The summed E-state index contributed by atoms with van der Waals surface area (Å²) in [6.45, 7) is 1.61. The molecule has 0 saturated heterocycles. The number of aldehydes is 3. The van der Waals surface area contributed by atoms with Crippen LogP contribution in [0.5, 0.6) is 0 Å². The first-order valence-corrected chi connectivity index (χ1v) is 2.63. The maximum atomic E-state index is 10.1. The molecular formula is C6H8O3. The highest BCUT2D eigenvalue weighted by molar-refractivity contribution is 6.01. The molecule has 0 amide bonds. The molecule has 0 fully saturated rings. The molecule has 3 nitrogen and oxygen atoms in total. The van der Waals surface area contributed by atoms with Crippen LogP contribution in [0, 0.1) is 5.41 Å². The molecule has 0 aliphatic rings. The normalized spacial score (nSPS) is 10.3. The predicted molar refractivity (Wildman–Crippen MR) is 30.9 cm³/mol. The van der Waals surface area contributed by atoms with E-state index in [-0.39, 0.29) is 6.42 Å². The minimum Gasteiger partial charge on any atom is -0.302 e. The molecule has 3 heteroatoms. The summed E-state index contributed by atoms with van der Waals surface area (Å²) < 4.78 is 0. The lowest BCUT2D eigenvalue weighted by Crippen LogP contribution is -2.24. The molecule has 0 radical (unpaired) electrons. The highest BCUT2D eigenvalue weighted by Gasteiger charge is 2.25. The second kappa shape index (κ2) is 3.12. The van der Waals surface area contributed by atoms with Gasteiger partial charge in [0.05, 0.1) is 0 Å². The molecule has 0 bridgehead atoms. The highest BCUT2D eigenvalue weighted by atomic mass is 16.2. The van der Waals surface area contributed by atoms with Crippen molar-refractivity contribution < 1.29 is 14.4 Å². The van der Waals surface area contributed by atoms with Crippen molar-refractivity contribution in [3.63, 3.8) is 0 Å². The monoisotopic (exact) mass is 128 g/mol. The van der Waals surface area contributed by atoms with Crippen LogP contribution in [0.4, 0.5) is 0 Å². The van der Waals surface area contributed by atoms with E-state index in [1.807, 2.05) is 0 Å². The van der Waals surface area contributed by atoms with Crippen LogP contribution in [0.1, 0.15) is 13.3 Å². The third-order valence-corrected chi connectivity index (χ3v) is 1.27. The Morgan fingerprint density at radius 2 is 1.44 bits per heavy atom. The first-order chi connectivity index (χ1) is 4.24. The van der Waals surface area contributed by atoms with E-state index in [9.17, 15) is 14.4 Å². The van der Waals surface area contributed by atoms with Crippen LogP contribution in [0.25, 0.3) is 0 Å². The van der Waals surface area contributed by atoms with Crippen molar-refractivity contribution in [3.05, 3.63) is 0 Å². The molecule has 0 aliphatic carbocycles. The molecule has 0 rings (SSSR count). The van der Waals surface area contributed by atoms with E-state index in [1.165, 1.54) is 0 Å². The number of hydrogen-bond donors (Lipinski definition) is 0. The predicted octanol–water partition coefficient (Wildman–Crippen LogP) is -0.0205. The standard InChI is InChI=1S/C6H8O3/c1-2-6(3-7,4-8)5-9/h3-5H,2H2,1H3. The topological polar surface area (TPSA) is 51.2 Å². The number of carbonyl (C=O) groups is 3. The SMILES string of the molecule is CCC(C=O)(C=O)C=O. The second-order valence-electron chi connectivity index (χ2n) is 1.82. The maximum absolute atomic E-state index is 10.1. The van der Waals surface area contributed by atoms with Crippen molar-refractivity contribution in [2.75, 3.05) is 0 Å². The molecule has 0 heterocycles. The van der Waals surface area contributed by atoms with Gasteiger partial charge in [-0.05, 0) is 6.42 Å². The average Bonchev–Trinajstić information content (AvgIpc) is 1.95. The zero-order valence-electron chi connectivity index (χ0n) is 5.16. The van der Waals surface area contributed by atoms with E-state index in [2.05, 4.69) is 0 Å². The van der Waals surface area contributed by atoms with Gasteiger partial charge in [-0.3, -0.25) is 0 Å². The van der Waals surface area contributed by atoms with Crippen molar-refractivity contribution in [2.24, 2.45) is 5.41 Å². The van der Waals surface area contributed by atoms with Gasteiger partial charge in [-0.25, -0.2) is 0 Å². The molecule has 0 unspecified atom stereocenters. The van der Waals surface area contributed by atoms with Gasteiger partial charge in [-0.2, -0.15) is 0 Å². The molecule has 0 aromatic carbocycles. The highest BCUT2D eigenvalue weighted by Crippen LogP contribution is 2.10. The first-order valence-electron chi connectivity index (χ1n) is 2.63. The second-order valence-corrected chi connectivity index (χ2v) is 1.82. The van der Waals surface area contributed by atoms with Crippen molar-refractivity contribution in [1.82, 2.24) is 0 Å². The van der Waals surface area contributed by atoms with Crippen LogP contribution in [0.2, 0.25) is 0 Å². The lowest BCUT2D eigenvalue weighted by Gasteiger charge is -2.07. The minimum absolute atomic E-state index is 0.240. The quantitative estimate of drug-likeness (QED) is 0.395. The fourth-order valence-electron chi connectivity index (χ4n) is 0.333. The van der Waals surface area contributed by atoms with E-state index < -0.39 is 5.41 Å². The average molecular weight is 128 g/mol. The minimum atomic E-state index is -1.38. The summed E-state index contributed by atoms with van der Waals surface area (Å²) in [5.41, 5.74) is -1.38. The Balaban J connectivity index is 4.34. The van der Waals surface area contributed by atoms with E-state index in [4.69, 9.17) is 0 Å². The molecule has 0 aromatic rings. The Morgan fingerprint density at radius 3 is 1.44 bits per heavy atom. The summed E-state index contributed by atoms with van der Waals surface area (Å²) in [4.78, 5) is 30.2. The lowest BCUT2D eigenvalue weighted by molar-refractivity contribution is -0.132. The van der Waals surface area contributed by atoms with Crippen LogP contribution >= 0.6 is 0 Å². The molecule has 0 aliphatic heterocycles. The van der Waals surface area contributed by atoms with Crippen molar-refractivity contribution >= 4 is 18.9 Å². The molecular weight excluding hydrogens is 120 g/mol. The summed E-state index contributed by atoms with van der Waals surface area (Å²) in [6.07, 6.45) is 1.34. The van der Waals surface area contributed by atoms with Crippen LogP contribution in [-0.4, -0.2) is 18.9 Å². The van der Waals surface area contributed by atoms with Gasteiger partial charge >= 0.3 is 0 Å². The van der Waals surface area contributed by atoms with Gasteiger partial charge in [-0.1, -0.05) is 6.92 Å². The van der Waals surface area contributed by atoms with Gasteiger partial charge in [0.15, 0.2) is 0 Å². The van der Waals surface area contributed by atoms with Crippen molar-refractivity contribution in [3.8, 4) is 0 Å². The van der Waals surface area contributed by atoms with Crippen molar-refractivity contribution in [1.29, 1.82) is 0 Å². The Hall–Kier alpha value is -0.990. The number of carbonyl (C=O) groups excluding carboxylic acids is 3. The molecule has 0 saturated carbocycles. The van der Waals surface area contributed by atoms with Gasteiger partial charge in [0.25, 0.3) is 0 Å². The number of rotatable bonds is 4. The maximum Gasteiger partial charge on any atom is 0.140 e. The molecule has 0 aromatic heterocycles. The zero-order valence-corrected chi connectivity index (χ0v) is 5.16. The van der Waals surface area contributed by atoms with Gasteiger partial charge in [0.2, 0.25) is 0 Å². The number of hydrogen-bond acceptors (Lipinski definition) is 3. The van der Waals surface area contributed by atoms with Gasteiger partial charge in [0.1, 0.15) is 24.3 Å². The van der Waals surface area contributed by atoms with Crippen LogP contribution in [-0.2, 0) is 14.4 Å². The molecule has 50 valence electrons. The van der Waals surface area contributed by atoms with Crippen molar-refractivity contribution in [2.45, 2.75) is 13.3 Å². The summed E-state index contributed by atoms with van der Waals surface area (Å²) >= 11 is 0. The Labute approximate surface area is 53.0 Å². The fourth-order valence-corrected chi connectivity index (χ4v) is 0.333. The lowest BCUT2D eigenvalue weighted by atomic mass is 9.91. The van der Waals surface area contributed by atoms with Gasteiger partial charge in [0, 0.05) is 0 Å². The van der Waals surface area contributed by atoms with Crippen LogP contribution < -0.4 is 0 Å². The third-order valence-electron chi connectivity index (χ3n) is 1.27. The summed E-state index contributed by atoms with van der Waals surface area (Å²) in [6, 6.07) is 0. The van der Waals surface area contributed by atoms with Crippen LogP contribution in [0.3, 0.4) is 0 Å². The molecule has 0 atom stereocenters. The summed E-state index contributed by atoms with van der Waals surface area (Å²) in [5, 5.41) is 0. The third kappa shape index (κ3) is 1.45. The first kappa shape index (κ1) is 8.01. The van der Waals surface area contributed by atoms with E-state index in [0.29, 0.717) is 18.9 Å². The van der Waals surface area contributed by atoms with E-state index in [0.717, 1.165) is 0 Å².